The molecule has 0 spiro atoms. The minimum Gasteiger partial charge on any atom is -0.507 e. The number of hydrogen-bond acceptors (Lipinski definition) is 5. The van der Waals surface area contributed by atoms with Gasteiger partial charge in [0.1, 0.15) is 5.75 Å². The van der Waals surface area contributed by atoms with E-state index >= 15 is 0 Å². The van der Waals surface area contributed by atoms with E-state index in [1.165, 1.54) is 12.2 Å². The molecule has 0 unspecified atom stereocenters. The zero-order chi connectivity index (χ0) is 21.4. The second-order valence-electron chi connectivity index (χ2n) is 7.90. The molecule has 1 aliphatic carbocycles. The van der Waals surface area contributed by atoms with E-state index in [0.717, 1.165) is 35.0 Å². The minimum atomic E-state index is -0.223. The Kier molecular flexibility index (Phi) is 5.32. The van der Waals surface area contributed by atoms with Crippen molar-refractivity contribution in [3.63, 3.8) is 0 Å². The number of carbonyl (C=O) groups excluding carboxylic acids is 2. The Morgan fingerprint density at radius 1 is 1.07 bits per heavy atom. The average molecular weight is 406 g/mol. The van der Waals surface area contributed by atoms with Gasteiger partial charge in [-0.15, -0.1) is 0 Å². The maximum Gasteiger partial charge on any atom is 0.202 e. The molecule has 3 aromatic rings. The van der Waals surface area contributed by atoms with E-state index in [1.807, 2.05) is 44.4 Å². The maximum absolute atomic E-state index is 12.6. The van der Waals surface area contributed by atoms with Crippen LogP contribution < -0.4 is 5.32 Å². The van der Waals surface area contributed by atoms with Crippen molar-refractivity contribution in [2.45, 2.75) is 12.8 Å². The van der Waals surface area contributed by atoms with Crippen LogP contribution in [0.4, 0.5) is 0 Å². The number of aromatic hydroxyl groups is 1. The number of rotatable bonds is 7. The normalized spacial score (nSPS) is 13.6. The van der Waals surface area contributed by atoms with E-state index in [1.54, 1.807) is 0 Å². The topological polar surface area (TPSA) is 101 Å². The monoisotopic (exact) mass is 406 g/mol. The van der Waals surface area contributed by atoms with Crippen LogP contribution in [0, 0.1) is 0 Å². The van der Waals surface area contributed by atoms with Gasteiger partial charge in [0.05, 0.1) is 17.0 Å². The second kappa shape index (κ2) is 7.93. The molecule has 0 saturated carbocycles. The zero-order valence-electron chi connectivity index (χ0n) is 17.4. The van der Waals surface area contributed by atoms with Gasteiger partial charge < -0.3 is 25.3 Å². The summed E-state index contributed by atoms with van der Waals surface area (Å²) in [7, 11) is 5.81. The first-order chi connectivity index (χ1) is 14.4. The Morgan fingerprint density at radius 2 is 1.83 bits per heavy atom. The lowest BCUT2D eigenvalue weighted by molar-refractivity contribution is 0.0991. The molecular formula is C23H26N4O3. The van der Waals surface area contributed by atoms with E-state index < -0.39 is 0 Å². The predicted molar refractivity (Wildman–Crippen MR) is 117 cm³/mol. The maximum atomic E-state index is 12.6. The highest BCUT2D eigenvalue weighted by Crippen LogP contribution is 2.41. The quantitative estimate of drug-likeness (QED) is 0.483. The van der Waals surface area contributed by atoms with Crippen LogP contribution in [0.5, 0.6) is 5.75 Å². The number of allylic oxidation sites excluding steroid dienone is 2. The number of carbonyl (C=O) groups is 2. The summed E-state index contributed by atoms with van der Waals surface area (Å²) >= 11 is 0. The predicted octanol–water partition coefficient (Wildman–Crippen LogP) is 2.67. The summed E-state index contributed by atoms with van der Waals surface area (Å²) in [5.74, 6) is -0.255. The van der Waals surface area contributed by atoms with Crippen LogP contribution in [0.1, 0.15) is 32.0 Å². The molecule has 30 heavy (non-hydrogen) atoms. The number of ketones is 2. The van der Waals surface area contributed by atoms with Gasteiger partial charge in [-0.1, -0.05) is 0 Å². The number of nitrogens with one attached hydrogen (secondary N) is 3. The van der Waals surface area contributed by atoms with Gasteiger partial charge in [0.15, 0.2) is 5.78 Å². The van der Waals surface area contributed by atoms with E-state index in [2.05, 4.69) is 15.3 Å². The van der Waals surface area contributed by atoms with Crippen LogP contribution >= 0.6 is 0 Å². The highest BCUT2D eigenvalue weighted by Gasteiger charge is 2.29. The Morgan fingerprint density at radius 3 is 2.57 bits per heavy atom. The lowest BCUT2D eigenvalue weighted by Gasteiger charge is -2.13. The molecule has 0 fully saturated rings. The first kappa shape index (κ1) is 20.1. The summed E-state index contributed by atoms with van der Waals surface area (Å²) in [6.07, 6.45) is 5.88. The lowest BCUT2D eigenvalue weighted by atomic mass is 9.93. The molecule has 1 aliphatic rings. The Labute approximate surface area is 174 Å². The molecule has 0 radical (unpaired) electrons. The Hall–Kier alpha value is -3.16. The highest BCUT2D eigenvalue weighted by molar-refractivity contribution is 6.23. The fourth-order valence-electron chi connectivity index (χ4n) is 4.06. The van der Waals surface area contributed by atoms with Crippen LogP contribution in [-0.2, 0) is 12.8 Å². The molecule has 4 rings (SSSR count). The van der Waals surface area contributed by atoms with Gasteiger partial charge in [-0.25, -0.2) is 0 Å². The molecule has 1 aromatic carbocycles. The molecule has 4 N–H and O–H groups in total. The SMILES string of the molecule is CNCCc1c[nH]c2ccc(-c3[nH]c4c(c3CCN(C)C)C(=O)C=CC4=O)c(O)c12. The van der Waals surface area contributed by atoms with Crippen LogP contribution in [0.15, 0.2) is 30.5 Å². The number of phenolic OH excluding ortho intramolecular Hbond substituents is 1. The molecule has 0 amide bonds. The Balaban J connectivity index is 1.90. The van der Waals surface area contributed by atoms with Crippen molar-refractivity contribution in [3.8, 4) is 17.0 Å². The molecule has 2 heterocycles. The fourth-order valence-corrected chi connectivity index (χ4v) is 4.06. The minimum absolute atomic E-state index is 0.150. The van der Waals surface area contributed by atoms with Crippen molar-refractivity contribution in [1.29, 1.82) is 0 Å². The third kappa shape index (κ3) is 3.36. The molecule has 156 valence electrons. The van der Waals surface area contributed by atoms with Gasteiger partial charge in [0.25, 0.3) is 0 Å². The van der Waals surface area contributed by atoms with Crippen LogP contribution in [0.2, 0.25) is 0 Å². The molecular weight excluding hydrogens is 380 g/mol. The number of benzene rings is 1. The Bertz CT molecular complexity index is 1170. The molecule has 0 atom stereocenters. The zero-order valence-corrected chi connectivity index (χ0v) is 17.4. The second-order valence-corrected chi connectivity index (χ2v) is 7.90. The first-order valence-corrected chi connectivity index (χ1v) is 10.1. The van der Waals surface area contributed by atoms with E-state index in [0.29, 0.717) is 35.5 Å². The van der Waals surface area contributed by atoms with Crippen LogP contribution in [-0.4, -0.2) is 65.8 Å². The van der Waals surface area contributed by atoms with Crippen molar-refractivity contribution < 1.29 is 14.7 Å². The summed E-state index contributed by atoms with van der Waals surface area (Å²) in [6.45, 7) is 1.50. The van der Waals surface area contributed by atoms with Crippen molar-refractivity contribution in [1.82, 2.24) is 20.2 Å². The van der Waals surface area contributed by atoms with Crippen LogP contribution in [0.3, 0.4) is 0 Å². The van der Waals surface area contributed by atoms with Gasteiger partial charge in [-0.05, 0) is 75.9 Å². The number of aromatic nitrogens is 2. The van der Waals surface area contributed by atoms with Gasteiger partial charge in [-0.3, -0.25) is 9.59 Å². The molecule has 0 saturated heterocycles. The smallest absolute Gasteiger partial charge is 0.202 e. The summed E-state index contributed by atoms with van der Waals surface area (Å²) in [5.41, 5.74) is 4.58. The number of hydrogen-bond donors (Lipinski definition) is 4. The van der Waals surface area contributed by atoms with Gasteiger partial charge in [0, 0.05) is 29.2 Å². The summed E-state index contributed by atoms with van der Waals surface area (Å²) < 4.78 is 0. The van der Waals surface area contributed by atoms with E-state index in [4.69, 9.17) is 0 Å². The molecule has 7 heteroatoms. The van der Waals surface area contributed by atoms with Crippen molar-refractivity contribution >= 4 is 22.5 Å². The summed E-state index contributed by atoms with van der Waals surface area (Å²) in [4.78, 5) is 33.5. The summed E-state index contributed by atoms with van der Waals surface area (Å²) in [6, 6.07) is 3.75. The third-order valence-corrected chi connectivity index (χ3v) is 5.61. The van der Waals surface area contributed by atoms with E-state index in [-0.39, 0.29) is 17.3 Å². The van der Waals surface area contributed by atoms with Crippen LogP contribution in [0.25, 0.3) is 22.2 Å². The molecule has 0 bridgehead atoms. The summed E-state index contributed by atoms with van der Waals surface area (Å²) in [5, 5.41) is 15.1. The van der Waals surface area contributed by atoms with Gasteiger partial charge >= 0.3 is 0 Å². The number of fused-ring (bicyclic) bond motifs is 2. The number of nitrogens with zero attached hydrogens (tertiary/aromatic N) is 1. The van der Waals surface area contributed by atoms with Gasteiger partial charge in [-0.2, -0.15) is 0 Å². The fraction of sp³-hybridized carbons (Fsp3) is 0.304. The first-order valence-electron chi connectivity index (χ1n) is 10.1. The lowest BCUT2D eigenvalue weighted by Crippen LogP contribution is -2.17. The standard InChI is InChI=1S/C23H26N4O3/c1-24-10-8-13-12-25-16-5-4-15(23(30)19(13)16)21-14(9-11-27(2)3)20-17(28)6-7-18(29)22(20)26-21/h4-7,12,24-26,30H,8-11H2,1-3H3. The van der Waals surface area contributed by atoms with Crippen molar-refractivity contribution in [3.05, 3.63) is 52.9 Å². The molecule has 0 aliphatic heterocycles. The number of aromatic amines is 2. The number of phenols is 1. The van der Waals surface area contributed by atoms with E-state index in [9.17, 15) is 14.7 Å². The number of likely N-dealkylation sites (N-methyl/N-ethyl adjacent to an activating group) is 2. The van der Waals surface area contributed by atoms with Crippen molar-refractivity contribution in [2.75, 3.05) is 34.2 Å². The van der Waals surface area contributed by atoms with Gasteiger partial charge in [0.2, 0.25) is 5.78 Å². The third-order valence-electron chi connectivity index (χ3n) is 5.61. The molecule has 7 nitrogen and oxygen atoms in total. The average Bonchev–Trinajstić information content (AvgIpc) is 3.30. The molecule has 2 aromatic heterocycles. The highest BCUT2D eigenvalue weighted by atomic mass is 16.3. The van der Waals surface area contributed by atoms with Crippen molar-refractivity contribution in [2.24, 2.45) is 0 Å². The number of H-pyrrole nitrogens is 2. The largest absolute Gasteiger partial charge is 0.507 e.